The van der Waals surface area contributed by atoms with E-state index >= 15 is 0 Å². The minimum absolute atomic E-state index is 0.910. The van der Waals surface area contributed by atoms with Gasteiger partial charge >= 0.3 is 0 Å². The molecule has 124 valence electrons. The summed E-state index contributed by atoms with van der Waals surface area (Å²) in [6, 6.07) is 22.7. The number of hydrogen-bond donors (Lipinski definition) is 0. The number of furan rings is 1. The third-order valence-corrected chi connectivity index (χ3v) is 3.95. The number of allylic oxidation sites excluding steroid dienone is 1. The smallest absolute Gasteiger partial charge is 0.134 e. The molecule has 0 spiro atoms. The van der Waals surface area contributed by atoms with Crippen LogP contribution in [0.25, 0.3) is 27.8 Å². The van der Waals surface area contributed by atoms with Gasteiger partial charge in [-0.1, -0.05) is 72.8 Å². The van der Waals surface area contributed by atoms with Crippen LogP contribution in [0, 0.1) is 0 Å². The van der Waals surface area contributed by atoms with Gasteiger partial charge in [0.1, 0.15) is 11.8 Å². The lowest BCUT2D eigenvalue weighted by Crippen LogP contribution is -1.76. The fraction of sp³-hybridized carbons (Fsp3) is 0.0870. The summed E-state index contributed by atoms with van der Waals surface area (Å²) >= 11 is 0. The van der Waals surface area contributed by atoms with Crippen LogP contribution in [0.4, 0.5) is 0 Å². The van der Waals surface area contributed by atoms with Crippen molar-refractivity contribution in [1.82, 2.24) is 0 Å². The highest BCUT2D eigenvalue weighted by Crippen LogP contribution is 2.19. The topological polar surface area (TPSA) is 25.5 Å². The average Bonchev–Trinajstić information content (AvgIpc) is 3.07. The molecule has 0 bridgehead atoms. The summed E-state index contributed by atoms with van der Waals surface area (Å²) in [5.41, 5.74) is 3.24. The van der Waals surface area contributed by atoms with E-state index in [1.807, 2.05) is 31.2 Å². The zero-order valence-electron chi connectivity index (χ0n) is 14.5. The van der Waals surface area contributed by atoms with E-state index in [2.05, 4.69) is 59.6 Å². The molecule has 0 aliphatic rings. The van der Waals surface area contributed by atoms with Gasteiger partial charge in [0.2, 0.25) is 0 Å². The number of rotatable bonds is 2. The van der Waals surface area contributed by atoms with Crippen molar-refractivity contribution in [2.45, 2.75) is 6.92 Å². The van der Waals surface area contributed by atoms with Crippen molar-refractivity contribution >= 4 is 34.0 Å². The van der Waals surface area contributed by atoms with Gasteiger partial charge in [0.25, 0.3) is 0 Å². The van der Waals surface area contributed by atoms with E-state index in [1.165, 1.54) is 16.3 Å². The summed E-state index contributed by atoms with van der Waals surface area (Å²) in [5.74, 6) is 0. The Hall–Kier alpha value is -3.13. The molecule has 0 aliphatic heterocycles. The first-order valence-electron chi connectivity index (χ1n) is 8.32. The molecule has 0 N–H and O–H groups in total. The molecule has 0 unspecified atom stereocenters. The lowest BCUT2D eigenvalue weighted by molar-refractivity contribution is 0.615. The first-order valence-corrected chi connectivity index (χ1v) is 8.32. The number of benzene rings is 3. The van der Waals surface area contributed by atoms with Crippen molar-refractivity contribution in [3.8, 4) is 0 Å². The van der Waals surface area contributed by atoms with Gasteiger partial charge in [-0.3, -0.25) is 4.99 Å². The Morgan fingerprint density at radius 3 is 2.32 bits per heavy atom. The van der Waals surface area contributed by atoms with Gasteiger partial charge in [-0.2, -0.15) is 0 Å². The molecular formula is C23H21NO. The second-order valence-corrected chi connectivity index (χ2v) is 5.64. The van der Waals surface area contributed by atoms with Crippen LogP contribution in [0.2, 0.25) is 0 Å². The van der Waals surface area contributed by atoms with Crippen LogP contribution in [0.15, 0.2) is 88.5 Å². The molecule has 2 nitrogen and oxygen atoms in total. The summed E-state index contributed by atoms with van der Waals surface area (Å²) in [4.78, 5) is 3.94. The number of para-hydroxylation sites is 1. The van der Waals surface area contributed by atoms with Crippen molar-refractivity contribution in [3.05, 3.63) is 90.2 Å². The molecule has 0 saturated heterocycles. The highest BCUT2D eigenvalue weighted by atomic mass is 16.3. The van der Waals surface area contributed by atoms with Crippen LogP contribution in [0.1, 0.15) is 18.1 Å². The normalized spacial score (nSPS) is 11.3. The van der Waals surface area contributed by atoms with Crippen molar-refractivity contribution in [3.63, 3.8) is 0 Å². The van der Waals surface area contributed by atoms with Gasteiger partial charge < -0.3 is 4.42 Å². The molecule has 2 heteroatoms. The molecule has 0 amide bonds. The van der Waals surface area contributed by atoms with Crippen LogP contribution < -0.4 is 0 Å². The summed E-state index contributed by atoms with van der Waals surface area (Å²) in [5, 5.41) is 3.74. The van der Waals surface area contributed by atoms with E-state index in [1.54, 1.807) is 19.5 Å². The second kappa shape index (κ2) is 8.11. The predicted molar refractivity (Wildman–Crippen MR) is 108 cm³/mol. The third-order valence-electron chi connectivity index (χ3n) is 3.95. The van der Waals surface area contributed by atoms with Crippen molar-refractivity contribution < 1.29 is 4.42 Å². The minimum atomic E-state index is 0.910. The Bertz CT molecular complexity index is 1020. The first kappa shape index (κ1) is 16.7. The monoisotopic (exact) mass is 327 g/mol. The van der Waals surface area contributed by atoms with Gasteiger partial charge in [0.05, 0.1) is 0 Å². The molecule has 25 heavy (non-hydrogen) atoms. The van der Waals surface area contributed by atoms with Gasteiger partial charge in [0.15, 0.2) is 0 Å². The maximum atomic E-state index is 5.31. The molecule has 4 aromatic rings. The molecule has 4 rings (SSSR count). The van der Waals surface area contributed by atoms with E-state index in [0.29, 0.717) is 0 Å². The molecule has 0 atom stereocenters. The zero-order chi connectivity index (χ0) is 17.5. The van der Waals surface area contributed by atoms with Crippen molar-refractivity contribution in [2.75, 3.05) is 7.05 Å². The molecular weight excluding hydrogens is 306 g/mol. The van der Waals surface area contributed by atoms with Crippen LogP contribution in [0.5, 0.6) is 0 Å². The standard InChI is InChI=1S/C13H12.C10H9NO/c1-2-6-11-8-5-9-12-7-3-4-10-13(11)12;1-11-6-8-7-12-10-5-3-2-4-9(8)10/h2-10H,1H3;2-7H,1H3/b6-2+;. The summed E-state index contributed by atoms with van der Waals surface area (Å²) in [7, 11) is 1.75. The maximum absolute atomic E-state index is 5.31. The van der Waals surface area contributed by atoms with Crippen LogP contribution >= 0.6 is 0 Å². The Morgan fingerprint density at radius 1 is 0.800 bits per heavy atom. The number of hydrogen-bond acceptors (Lipinski definition) is 2. The van der Waals surface area contributed by atoms with E-state index in [0.717, 1.165) is 16.5 Å². The quantitative estimate of drug-likeness (QED) is 0.394. The third kappa shape index (κ3) is 3.86. The largest absolute Gasteiger partial charge is 0.464 e. The van der Waals surface area contributed by atoms with Crippen LogP contribution in [-0.4, -0.2) is 13.3 Å². The van der Waals surface area contributed by atoms with E-state index in [9.17, 15) is 0 Å². The van der Waals surface area contributed by atoms with Crippen molar-refractivity contribution in [2.24, 2.45) is 4.99 Å². The maximum Gasteiger partial charge on any atom is 0.134 e. The van der Waals surface area contributed by atoms with Gasteiger partial charge in [-0.05, 0) is 29.3 Å². The van der Waals surface area contributed by atoms with E-state index in [-0.39, 0.29) is 0 Å². The molecule has 0 radical (unpaired) electrons. The van der Waals surface area contributed by atoms with Gasteiger partial charge in [0, 0.05) is 24.2 Å². The van der Waals surface area contributed by atoms with Crippen molar-refractivity contribution in [1.29, 1.82) is 0 Å². The fourth-order valence-corrected chi connectivity index (χ4v) is 2.81. The number of nitrogens with zero attached hydrogens (tertiary/aromatic N) is 1. The fourth-order valence-electron chi connectivity index (χ4n) is 2.81. The second-order valence-electron chi connectivity index (χ2n) is 5.64. The molecule has 0 saturated carbocycles. The highest BCUT2D eigenvalue weighted by Gasteiger charge is 2.00. The van der Waals surface area contributed by atoms with Crippen LogP contribution in [-0.2, 0) is 0 Å². The Balaban J connectivity index is 0.000000146. The lowest BCUT2D eigenvalue weighted by Gasteiger charge is -2.00. The molecule has 0 aliphatic carbocycles. The summed E-state index contributed by atoms with van der Waals surface area (Å²) in [6.07, 6.45) is 7.73. The summed E-state index contributed by atoms with van der Waals surface area (Å²) in [6.45, 7) is 2.04. The summed E-state index contributed by atoms with van der Waals surface area (Å²) < 4.78 is 5.31. The molecule has 1 aromatic heterocycles. The zero-order valence-corrected chi connectivity index (χ0v) is 14.5. The average molecular weight is 327 g/mol. The first-order chi connectivity index (χ1) is 12.3. The highest BCUT2D eigenvalue weighted by molar-refractivity contribution is 5.97. The predicted octanol–water partition coefficient (Wildman–Crippen LogP) is 6.35. The molecule has 3 aromatic carbocycles. The Kier molecular flexibility index (Phi) is 5.43. The molecule has 0 fully saturated rings. The molecule has 1 heterocycles. The van der Waals surface area contributed by atoms with E-state index in [4.69, 9.17) is 4.42 Å². The van der Waals surface area contributed by atoms with Crippen LogP contribution in [0.3, 0.4) is 0 Å². The minimum Gasteiger partial charge on any atom is -0.464 e. The van der Waals surface area contributed by atoms with E-state index < -0.39 is 0 Å². The SMILES string of the molecule is C/C=C/c1cccc2ccccc12.CN=Cc1coc2ccccc12. The Morgan fingerprint density at radius 2 is 1.52 bits per heavy atom. The number of fused-ring (bicyclic) bond motifs is 2. The lowest BCUT2D eigenvalue weighted by atomic mass is 10.0. The Labute approximate surface area is 148 Å². The number of aliphatic imine (C=N–C) groups is 1. The van der Waals surface area contributed by atoms with Gasteiger partial charge in [-0.15, -0.1) is 0 Å². The van der Waals surface area contributed by atoms with Gasteiger partial charge in [-0.25, -0.2) is 0 Å².